The number of hydrogen-bond donors (Lipinski definition) is 2. The lowest BCUT2D eigenvalue weighted by Crippen LogP contribution is -2.58. The van der Waals surface area contributed by atoms with Crippen molar-refractivity contribution in [1.29, 1.82) is 0 Å². The number of likely N-dealkylation sites (tertiary alicyclic amines) is 1. The second kappa shape index (κ2) is 8.90. The molecule has 1 saturated heterocycles. The Morgan fingerprint density at radius 2 is 1.76 bits per heavy atom. The maximum Gasteiger partial charge on any atom is 0.410 e. The zero-order chi connectivity index (χ0) is 22.1. The average Bonchev–Trinajstić information content (AvgIpc) is 3.19. The number of nitrogens with zero attached hydrogens (tertiary/aromatic N) is 2. The third-order valence-corrected chi connectivity index (χ3v) is 6.05. The monoisotopic (exact) mass is 410 g/mol. The zero-order valence-corrected chi connectivity index (χ0v) is 18.9. The zero-order valence-electron chi connectivity index (χ0n) is 18.9. The topological polar surface area (TPSA) is 105 Å². The molecule has 3 unspecified atom stereocenters. The van der Waals surface area contributed by atoms with E-state index >= 15 is 0 Å². The summed E-state index contributed by atoms with van der Waals surface area (Å²) in [5.74, 6) is -0.0703. The fourth-order valence-corrected chi connectivity index (χ4v) is 4.24. The number of ether oxygens (including phenoxy) is 1. The van der Waals surface area contributed by atoms with E-state index in [-0.39, 0.29) is 29.8 Å². The first-order valence-electron chi connectivity index (χ1n) is 10.7. The van der Waals surface area contributed by atoms with Crippen LogP contribution in [0.25, 0.3) is 0 Å². The number of nitrogens with two attached hydrogens (primary N) is 1. The van der Waals surface area contributed by atoms with Crippen molar-refractivity contribution < 1.29 is 19.1 Å². The Balaban J connectivity index is 2.05. The van der Waals surface area contributed by atoms with Crippen LogP contribution in [0.2, 0.25) is 0 Å². The molecule has 0 bridgehead atoms. The number of hydrogen-bond acceptors (Lipinski definition) is 5. The van der Waals surface area contributed by atoms with Gasteiger partial charge in [-0.2, -0.15) is 0 Å². The number of carbonyl (C=O) groups excluding carboxylic acids is 3. The summed E-state index contributed by atoms with van der Waals surface area (Å²) < 4.78 is 5.33. The second-order valence-electron chi connectivity index (χ2n) is 9.81. The summed E-state index contributed by atoms with van der Waals surface area (Å²) in [6, 6.07) is -1.34. The molecule has 0 radical (unpaired) electrons. The lowest BCUT2D eigenvalue weighted by atomic mass is 10.00. The van der Waals surface area contributed by atoms with Crippen molar-refractivity contribution in [2.24, 2.45) is 17.6 Å². The van der Waals surface area contributed by atoms with E-state index in [2.05, 4.69) is 5.32 Å². The van der Waals surface area contributed by atoms with Crippen LogP contribution in [0, 0.1) is 11.8 Å². The first kappa shape index (κ1) is 23.4. The van der Waals surface area contributed by atoms with Gasteiger partial charge >= 0.3 is 6.09 Å². The van der Waals surface area contributed by atoms with Gasteiger partial charge < -0.3 is 20.7 Å². The normalized spacial score (nSPS) is 26.1. The highest BCUT2D eigenvalue weighted by Gasteiger charge is 2.46. The van der Waals surface area contributed by atoms with Crippen LogP contribution in [0.5, 0.6) is 0 Å². The molecule has 5 atom stereocenters. The van der Waals surface area contributed by atoms with Gasteiger partial charge in [0.05, 0.1) is 0 Å². The fourth-order valence-electron chi connectivity index (χ4n) is 4.24. The van der Waals surface area contributed by atoms with Crippen LogP contribution in [-0.2, 0) is 14.3 Å². The molecule has 1 aliphatic carbocycles. The number of carbonyl (C=O) groups is 3. The van der Waals surface area contributed by atoms with Gasteiger partial charge in [0.25, 0.3) is 0 Å². The van der Waals surface area contributed by atoms with E-state index in [1.807, 2.05) is 18.7 Å². The van der Waals surface area contributed by atoms with E-state index < -0.39 is 23.8 Å². The molecule has 1 aliphatic heterocycles. The minimum absolute atomic E-state index is 0.00666. The Morgan fingerprint density at radius 1 is 1.14 bits per heavy atom. The Hall–Kier alpha value is -1.83. The van der Waals surface area contributed by atoms with E-state index in [1.54, 1.807) is 27.7 Å². The van der Waals surface area contributed by atoms with Gasteiger partial charge in [-0.1, -0.05) is 13.8 Å². The molecule has 3 amide bonds. The third-order valence-electron chi connectivity index (χ3n) is 6.05. The fraction of sp³-hybridized carbons (Fsp3) is 0.857. The Kier molecular flexibility index (Phi) is 7.19. The van der Waals surface area contributed by atoms with Crippen LogP contribution in [0.4, 0.5) is 4.79 Å². The third kappa shape index (κ3) is 5.41. The molecule has 29 heavy (non-hydrogen) atoms. The first-order valence-corrected chi connectivity index (χ1v) is 10.7. The molecule has 2 rings (SSSR count). The highest BCUT2D eigenvalue weighted by Crippen LogP contribution is 2.37. The minimum Gasteiger partial charge on any atom is -0.444 e. The van der Waals surface area contributed by atoms with Crippen LogP contribution < -0.4 is 11.1 Å². The number of fused-ring (bicyclic) bond motifs is 1. The smallest absolute Gasteiger partial charge is 0.410 e. The van der Waals surface area contributed by atoms with Gasteiger partial charge in [-0.3, -0.25) is 14.5 Å². The molecule has 0 aromatic carbocycles. The lowest BCUT2D eigenvalue weighted by molar-refractivity contribution is -0.139. The van der Waals surface area contributed by atoms with E-state index in [9.17, 15) is 14.4 Å². The number of rotatable bonds is 5. The van der Waals surface area contributed by atoms with Gasteiger partial charge in [0.2, 0.25) is 11.8 Å². The highest BCUT2D eigenvalue weighted by atomic mass is 16.6. The van der Waals surface area contributed by atoms with E-state index in [1.165, 1.54) is 11.9 Å². The van der Waals surface area contributed by atoms with Gasteiger partial charge in [-0.25, -0.2) is 4.79 Å². The van der Waals surface area contributed by atoms with Gasteiger partial charge in [0, 0.05) is 25.7 Å². The molecule has 8 heteroatoms. The Labute approximate surface area is 174 Å². The summed E-state index contributed by atoms with van der Waals surface area (Å²) in [7, 11) is 1.52. The van der Waals surface area contributed by atoms with E-state index in [0.29, 0.717) is 12.5 Å². The maximum atomic E-state index is 13.3. The van der Waals surface area contributed by atoms with Crippen molar-refractivity contribution in [3.63, 3.8) is 0 Å². The van der Waals surface area contributed by atoms with Crippen molar-refractivity contribution in [2.75, 3.05) is 13.6 Å². The summed E-state index contributed by atoms with van der Waals surface area (Å²) in [6.07, 6.45) is 2.40. The Morgan fingerprint density at radius 3 is 2.31 bits per heavy atom. The van der Waals surface area contributed by atoms with Crippen LogP contribution in [0.1, 0.15) is 60.8 Å². The van der Waals surface area contributed by atoms with Crippen molar-refractivity contribution in [1.82, 2.24) is 15.1 Å². The van der Waals surface area contributed by atoms with E-state index in [4.69, 9.17) is 10.5 Å². The molecule has 3 N–H and O–H groups in total. The second-order valence-corrected chi connectivity index (χ2v) is 9.81. The Bertz CT molecular complexity index is 631. The molecule has 0 aromatic heterocycles. The van der Waals surface area contributed by atoms with E-state index in [0.717, 1.165) is 19.3 Å². The summed E-state index contributed by atoms with van der Waals surface area (Å²) in [5, 5.41) is 2.87. The summed E-state index contributed by atoms with van der Waals surface area (Å²) >= 11 is 0. The van der Waals surface area contributed by atoms with Crippen molar-refractivity contribution in [3.8, 4) is 0 Å². The van der Waals surface area contributed by atoms with Crippen LogP contribution in [0.15, 0.2) is 0 Å². The maximum absolute atomic E-state index is 13.3. The number of nitrogens with one attached hydrogen (secondary N) is 1. The van der Waals surface area contributed by atoms with Gasteiger partial charge in [0.15, 0.2) is 0 Å². The molecule has 2 aliphatic rings. The summed E-state index contributed by atoms with van der Waals surface area (Å²) in [6.45, 7) is 11.4. The average molecular weight is 411 g/mol. The molecule has 166 valence electrons. The molecule has 2 fully saturated rings. The minimum atomic E-state index is -0.765. The summed E-state index contributed by atoms with van der Waals surface area (Å²) in [4.78, 5) is 41.5. The number of amides is 3. The first-order chi connectivity index (χ1) is 13.3. The number of likely N-dealkylation sites (N-methyl/N-ethyl adjacent to an activating group) is 1. The SMILES string of the molecule is CC(C)[C@H](NC(=O)[C@H](C)N(C)C(=O)OC(C)(C)C)C(=O)N1CCC2CCC(N)C21. The molecule has 0 spiro atoms. The quantitative estimate of drug-likeness (QED) is 0.718. The van der Waals surface area contributed by atoms with Crippen LogP contribution >= 0.6 is 0 Å². The predicted octanol–water partition coefficient (Wildman–Crippen LogP) is 1.72. The molecule has 8 nitrogen and oxygen atoms in total. The van der Waals surface area contributed by atoms with Gasteiger partial charge in [-0.05, 0) is 58.8 Å². The van der Waals surface area contributed by atoms with Crippen molar-refractivity contribution >= 4 is 17.9 Å². The van der Waals surface area contributed by atoms with Crippen LogP contribution in [0.3, 0.4) is 0 Å². The van der Waals surface area contributed by atoms with Crippen molar-refractivity contribution in [3.05, 3.63) is 0 Å². The molecule has 1 saturated carbocycles. The van der Waals surface area contributed by atoms with Crippen LogP contribution in [-0.4, -0.2) is 71.1 Å². The largest absolute Gasteiger partial charge is 0.444 e. The van der Waals surface area contributed by atoms with Crippen molar-refractivity contribution in [2.45, 2.75) is 90.6 Å². The molecule has 0 aromatic rings. The van der Waals surface area contributed by atoms with Gasteiger partial charge in [-0.15, -0.1) is 0 Å². The van der Waals surface area contributed by atoms with Gasteiger partial charge in [0.1, 0.15) is 17.7 Å². The highest BCUT2D eigenvalue weighted by molar-refractivity contribution is 5.91. The lowest BCUT2D eigenvalue weighted by Gasteiger charge is -2.34. The molecular weight excluding hydrogens is 372 g/mol. The standard InChI is InChI=1S/C21H38N4O4/c1-12(2)16(19(27)25-11-10-14-8-9-15(22)17(14)25)23-18(26)13(3)24(7)20(28)29-21(4,5)6/h12-17H,8-11,22H2,1-7H3,(H,23,26)/t13-,14?,15?,16-,17?/m0/s1. The molecular formula is C21H38N4O4. The molecule has 1 heterocycles. The summed E-state index contributed by atoms with van der Waals surface area (Å²) in [5.41, 5.74) is 5.61. The predicted molar refractivity (Wildman–Crippen MR) is 111 cm³/mol.